The van der Waals surface area contributed by atoms with Crippen LogP contribution in [0.2, 0.25) is 0 Å². The van der Waals surface area contributed by atoms with Crippen molar-refractivity contribution < 1.29 is 0 Å². The van der Waals surface area contributed by atoms with Gasteiger partial charge in [0, 0.05) is 27.3 Å². The molecule has 0 aliphatic carbocycles. The summed E-state index contributed by atoms with van der Waals surface area (Å²) in [6, 6.07) is 7.40. The highest BCUT2D eigenvalue weighted by atomic mass is 79.9. The van der Waals surface area contributed by atoms with Crippen LogP contribution in [0.5, 0.6) is 0 Å². The molecule has 3 N–H and O–H groups in total. The molecule has 2 aromatic rings. The van der Waals surface area contributed by atoms with E-state index in [0.717, 1.165) is 9.37 Å². The Morgan fingerprint density at radius 2 is 1.94 bits per heavy atom. The molecule has 4 nitrogen and oxygen atoms in total. The molecule has 17 heavy (non-hydrogen) atoms. The molecular formula is C11H9BrN4S. The molecule has 0 aliphatic rings. The molecule has 0 radical (unpaired) electrons. The van der Waals surface area contributed by atoms with Crippen LogP contribution in [-0.2, 0) is 0 Å². The molecule has 0 unspecified atom stereocenters. The Kier molecular flexibility index (Phi) is 3.75. The maximum absolute atomic E-state index is 7.58. The van der Waals surface area contributed by atoms with E-state index < -0.39 is 0 Å². The van der Waals surface area contributed by atoms with Crippen molar-refractivity contribution in [3.05, 3.63) is 46.7 Å². The van der Waals surface area contributed by atoms with Gasteiger partial charge in [-0.05, 0) is 45.9 Å². The van der Waals surface area contributed by atoms with Crippen LogP contribution in [0, 0.1) is 5.41 Å². The average Bonchev–Trinajstić information content (AvgIpc) is 2.30. The molecule has 0 saturated carbocycles. The van der Waals surface area contributed by atoms with Crippen molar-refractivity contribution in [2.45, 2.75) is 10.1 Å². The van der Waals surface area contributed by atoms with Crippen molar-refractivity contribution in [3.63, 3.8) is 0 Å². The summed E-state index contributed by atoms with van der Waals surface area (Å²) in [5.41, 5.74) is 6.24. The Hall–Kier alpha value is -1.40. The van der Waals surface area contributed by atoms with E-state index in [-0.39, 0.29) is 5.84 Å². The first-order valence-electron chi connectivity index (χ1n) is 4.76. The van der Waals surface area contributed by atoms with Gasteiger partial charge in [-0.3, -0.25) is 5.41 Å². The first-order valence-corrected chi connectivity index (χ1v) is 6.37. The van der Waals surface area contributed by atoms with Gasteiger partial charge in [-0.1, -0.05) is 6.07 Å². The number of benzene rings is 1. The number of hydrogen-bond acceptors (Lipinski definition) is 4. The Morgan fingerprint density at radius 3 is 2.59 bits per heavy atom. The van der Waals surface area contributed by atoms with Gasteiger partial charge in [0.25, 0.3) is 0 Å². The van der Waals surface area contributed by atoms with Crippen LogP contribution in [0.3, 0.4) is 0 Å². The lowest BCUT2D eigenvalue weighted by atomic mass is 10.2. The minimum absolute atomic E-state index is 0.0240. The fourth-order valence-corrected chi connectivity index (χ4v) is 2.89. The number of nitrogens with one attached hydrogen (secondary N) is 1. The first kappa shape index (κ1) is 12.1. The van der Waals surface area contributed by atoms with Gasteiger partial charge in [0.05, 0.1) is 0 Å². The summed E-state index contributed by atoms with van der Waals surface area (Å²) in [4.78, 5) is 9.12. The van der Waals surface area contributed by atoms with E-state index in [0.29, 0.717) is 10.7 Å². The van der Waals surface area contributed by atoms with Crippen LogP contribution >= 0.6 is 27.7 Å². The summed E-state index contributed by atoms with van der Waals surface area (Å²) < 4.78 is 0.797. The molecule has 1 heterocycles. The van der Waals surface area contributed by atoms with Crippen LogP contribution in [0.4, 0.5) is 0 Å². The van der Waals surface area contributed by atoms with Crippen molar-refractivity contribution >= 4 is 33.5 Å². The molecule has 0 atom stereocenters. The van der Waals surface area contributed by atoms with Crippen LogP contribution in [0.25, 0.3) is 0 Å². The van der Waals surface area contributed by atoms with Gasteiger partial charge in [-0.2, -0.15) is 0 Å². The molecule has 0 amide bonds. The summed E-state index contributed by atoms with van der Waals surface area (Å²) in [7, 11) is 0. The standard InChI is InChI=1S/C11H9BrN4S/c12-7-3-1-4-8(9(7)10(13)14)17-11-15-5-2-6-16-11/h1-6H,(H3,13,14). The lowest BCUT2D eigenvalue weighted by Crippen LogP contribution is -2.13. The minimum Gasteiger partial charge on any atom is -0.384 e. The first-order chi connectivity index (χ1) is 8.18. The molecule has 0 aliphatic heterocycles. The van der Waals surface area contributed by atoms with Crippen LogP contribution < -0.4 is 5.73 Å². The average molecular weight is 309 g/mol. The quantitative estimate of drug-likeness (QED) is 0.519. The zero-order valence-corrected chi connectivity index (χ0v) is 11.1. The third kappa shape index (κ3) is 2.83. The second-order valence-corrected chi connectivity index (χ2v) is 5.02. The fraction of sp³-hybridized carbons (Fsp3) is 0. The molecule has 2 rings (SSSR count). The third-order valence-corrected chi connectivity index (χ3v) is 3.60. The normalized spacial score (nSPS) is 10.2. The third-order valence-electron chi connectivity index (χ3n) is 1.99. The van der Waals surface area contributed by atoms with Crippen LogP contribution in [-0.4, -0.2) is 15.8 Å². The van der Waals surface area contributed by atoms with E-state index in [4.69, 9.17) is 11.1 Å². The number of rotatable bonds is 3. The number of aromatic nitrogens is 2. The Labute approximate surface area is 111 Å². The summed E-state index contributed by atoms with van der Waals surface area (Å²) in [6.45, 7) is 0. The molecular weight excluding hydrogens is 300 g/mol. The number of hydrogen-bond donors (Lipinski definition) is 2. The summed E-state index contributed by atoms with van der Waals surface area (Å²) in [6.07, 6.45) is 3.36. The number of nitrogens with two attached hydrogens (primary N) is 1. The van der Waals surface area contributed by atoms with Gasteiger partial charge in [-0.15, -0.1) is 0 Å². The van der Waals surface area contributed by atoms with E-state index in [1.54, 1.807) is 18.5 Å². The number of halogens is 1. The Morgan fingerprint density at radius 1 is 1.24 bits per heavy atom. The van der Waals surface area contributed by atoms with Crippen molar-refractivity contribution in [2.75, 3.05) is 0 Å². The Bertz CT molecular complexity index is 544. The van der Waals surface area contributed by atoms with Crippen LogP contribution in [0.15, 0.2) is 51.2 Å². The van der Waals surface area contributed by atoms with Gasteiger partial charge in [0.2, 0.25) is 0 Å². The van der Waals surface area contributed by atoms with Gasteiger partial charge >= 0.3 is 0 Å². The fourth-order valence-electron chi connectivity index (χ4n) is 1.29. The second kappa shape index (κ2) is 5.29. The summed E-state index contributed by atoms with van der Waals surface area (Å²) >= 11 is 4.77. The molecule has 1 aromatic carbocycles. The van der Waals surface area contributed by atoms with Gasteiger partial charge < -0.3 is 5.73 Å². The zero-order chi connectivity index (χ0) is 12.3. The Balaban J connectivity index is 2.40. The number of amidine groups is 1. The molecule has 6 heteroatoms. The molecule has 1 aromatic heterocycles. The second-order valence-electron chi connectivity index (χ2n) is 3.16. The van der Waals surface area contributed by atoms with E-state index >= 15 is 0 Å². The van der Waals surface area contributed by atoms with Crippen molar-refractivity contribution in [1.82, 2.24) is 9.97 Å². The largest absolute Gasteiger partial charge is 0.384 e. The SMILES string of the molecule is N=C(N)c1c(Br)cccc1Sc1ncccn1. The summed E-state index contributed by atoms with van der Waals surface area (Å²) in [5.74, 6) is 0.0240. The van der Waals surface area contributed by atoms with E-state index in [2.05, 4.69) is 25.9 Å². The van der Waals surface area contributed by atoms with E-state index in [9.17, 15) is 0 Å². The topological polar surface area (TPSA) is 75.7 Å². The highest BCUT2D eigenvalue weighted by Crippen LogP contribution is 2.31. The molecule has 0 bridgehead atoms. The predicted molar refractivity (Wildman–Crippen MR) is 71.3 cm³/mol. The molecule has 0 saturated heterocycles. The number of nitrogen functional groups attached to an aromatic ring is 1. The van der Waals surface area contributed by atoms with Crippen LogP contribution in [0.1, 0.15) is 5.56 Å². The van der Waals surface area contributed by atoms with E-state index in [1.165, 1.54) is 11.8 Å². The maximum Gasteiger partial charge on any atom is 0.192 e. The molecule has 0 spiro atoms. The van der Waals surface area contributed by atoms with E-state index in [1.807, 2.05) is 18.2 Å². The molecule has 0 fully saturated rings. The summed E-state index contributed by atoms with van der Waals surface area (Å²) in [5, 5.41) is 8.21. The van der Waals surface area contributed by atoms with Crippen molar-refractivity contribution in [3.8, 4) is 0 Å². The maximum atomic E-state index is 7.58. The molecule has 86 valence electrons. The van der Waals surface area contributed by atoms with Gasteiger partial charge in [0.1, 0.15) is 5.84 Å². The zero-order valence-electron chi connectivity index (χ0n) is 8.72. The monoisotopic (exact) mass is 308 g/mol. The van der Waals surface area contributed by atoms with Crippen molar-refractivity contribution in [2.24, 2.45) is 5.73 Å². The highest BCUT2D eigenvalue weighted by molar-refractivity contribution is 9.10. The van der Waals surface area contributed by atoms with Crippen molar-refractivity contribution in [1.29, 1.82) is 5.41 Å². The van der Waals surface area contributed by atoms with Gasteiger partial charge in [0.15, 0.2) is 5.16 Å². The number of nitrogens with zero attached hydrogens (tertiary/aromatic N) is 2. The predicted octanol–water partition coefficient (Wildman–Crippen LogP) is 2.67. The highest BCUT2D eigenvalue weighted by Gasteiger charge is 2.11. The lowest BCUT2D eigenvalue weighted by molar-refractivity contribution is 0.966. The minimum atomic E-state index is 0.0240. The van der Waals surface area contributed by atoms with Gasteiger partial charge in [-0.25, -0.2) is 9.97 Å². The lowest BCUT2D eigenvalue weighted by Gasteiger charge is -2.08. The smallest absolute Gasteiger partial charge is 0.192 e.